The van der Waals surface area contributed by atoms with E-state index in [0.29, 0.717) is 34.4 Å². The van der Waals surface area contributed by atoms with Crippen molar-refractivity contribution in [1.82, 2.24) is 34.9 Å². The molecule has 2 N–H and O–H groups in total. The number of hydrogen-bond acceptors (Lipinski definition) is 8. The van der Waals surface area contributed by atoms with Gasteiger partial charge in [-0.2, -0.15) is 9.78 Å². The summed E-state index contributed by atoms with van der Waals surface area (Å²) < 4.78 is 3.17. The van der Waals surface area contributed by atoms with Crippen molar-refractivity contribution in [2.45, 2.75) is 38.0 Å². The zero-order valence-electron chi connectivity index (χ0n) is 21.3. The third-order valence-corrected chi connectivity index (χ3v) is 7.77. The number of carbonyl (C=O) groups is 2. The lowest BCUT2D eigenvalue weighted by atomic mass is 9.80. The fourth-order valence-electron chi connectivity index (χ4n) is 5.33. The number of amides is 2. The van der Waals surface area contributed by atoms with E-state index in [9.17, 15) is 14.7 Å². The van der Waals surface area contributed by atoms with Gasteiger partial charge in [-0.05, 0) is 59.2 Å². The molecule has 1 aliphatic carbocycles. The van der Waals surface area contributed by atoms with Crippen molar-refractivity contribution in [1.29, 1.82) is 0 Å². The number of aromatic nitrogens is 6. The molecule has 12 nitrogen and oxygen atoms in total. The predicted octanol–water partition coefficient (Wildman–Crippen LogP) is 2.37. The van der Waals surface area contributed by atoms with Crippen molar-refractivity contribution in [3.8, 4) is 5.69 Å². The van der Waals surface area contributed by atoms with E-state index in [0.717, 1.165) is 30.2 Å². The van der Waals surface area contributed by atoms with E-state index in [1.165, 1.54) is 15.9 Å². The topological polar surface area (TPSA) is 134 Å². The summed E-state index contributed by atoms with van der Waals surface area (Å²) in [7, 11) is 1.85. The first kappa shape index (κ1) is 25.3. The molecule has 39 heavy (non-hydrogen) atoms. The number of nitrogens with one attached hydrogen (secondary N) is 1. The predicted molar refractivity (Wildman–Crippen MR) is 144 cm³/mol. The summed E-state index contributed by atoms with van der Waals surface area (Å²) in [6, 6.07) is 9.90. The van der Waals surface area contributed by atoms with Crippen LogP contribution in [-0.4, -0.2) is 77.2 Å². The largest absolute Gasteiger partial charge is 0.372 e. The fourth-order valence-corrected chi connectivity index (χ4v) is 5.50. The lowest BCUT2D eigenvalue weighted by molar-refractivity contribution is -0.143. The van der Waals surface area contributed by atoms with Gasteiger partial charge >= 0.3 is 0 Å². The highest BCUT2D eigenvalue weighted by molar-refractivity contribution is 6.31. The molecule has 2 aromatic heterocycles. The van der Waals surface area contributed by atoms with Crippen LogP contribution in [0.1, 0.15) is 25.7 Å². The second-order valence-corrected chi connectivity index (χ2v) is 10.6. The average Bonchev–Trinajstić information content (AvgIpc) is 3.54. The monoisotopic (exact) mass is 549 g/mol. The molecule has 4 aromatic rings. The number of nitrogens with zero attached hydrogens (tertiary/aromatic N) is 8. The van der Waals surface area contributed by atoms with Crippen LogP contribution in [0.15, 0.2) is 48.9 Å². The molecule has 2 atom stereocenters. The molecule has 13 heteroatoms. The summed E-state index contributed by atoms with van der Waals surface area (Å²) in [6.07, 6.45) is 5.97. The van der Waals surface area contributed by atoms with Crippen LogP contribution in [0.5, 0.6) is 0 Å². The second kappa shape index (κ2) is 10.3. The molecule has 0 bridgehead atoms. The Hall–Kier alpha value is -4.03. The third-order valence-electron chi connectivity index (χ3n) is 7.54. The number of benzene rings is 2. The Balaban J connectivity index is 1.25. The minimum Gasteiger partial charge on any atom is -0.372 e. The van der Waals surface area contributed by atoms with E-state index in [2.05, 4.69) is 25.9 Å². The standard InChI is InChI=1S/C26H28ClN9O3/c1-33-12-17-10-19(6-7-20(17)30-33)29-26(39)23(9-16-3-2-4-16)35-14-24(37)34(13-25(35)38)22-11-18(27)5-8-21(22)36-15-28-31-32-36/h5-8,10-12,15-16,23-24,37H,2-4,9,13-14H2,1H3,(H,29,39). The van der Waals surface area contributed by atoms with Crippen LogP contribution in [0.2, 0.25) is 5.02 Å². The molecule has 2 unspecified atom stereocenters. The van der Waals surface area contributed by atoms with E-state index in [4.69, 9.17) is 11.6 Å². The number of piperazine rings is 1. The maximum absolute atomic E-state index is 13.6. The van der Waals surface area contributed by atoms with Gasteiger partial charge in [-0.25, -0.2) is 0 Å². The van der Waals surface area contributed by atoms with Crippen LogP contribution in [0, 0.1) is 5.92 Å². The van der Waals surface area contributed by atoms with Crippen molar-refractivity contribution in [3.63, 3.8) is 0 Å². The normalized spacial score (nSPS) is 18.8. The minimum atomic E-state index is -1.07. The number of aliphatic hydroxyl groups excluding tert-OH is 1. The van der Waals surface area contributed by atoms with Gasteiger partial charge in [-0.3, -0.25) is 14.3 Å². The first-order valence-corrected chi connectivity index (χ1v) is 13.2. The summed E-state index contributed by atoms with van der Waals surface area (Å²) in [5, 5.41) is 31.3. The van der Waals surface area contributed by atoms with Crippen LogP contribution in [-0.2, 0) is 16.6 Å². The van der Waals surface area contributed by atoms with E-state index >= 15 is 0 Å². The number of aryl methyl sites for hydroxylation is 1. The number of aliphatic hydroxyl groups is 1. The molecule has 1 saturated carbocycles. The SMILES string of the molecule is Cn1cc2cc(NC(=O)C(CC3CCC3)N3CC(O)N(c4cc(Cl)ccc4-n4cnnn4)CC3=O)ccc2n1. The Morgan fingerprint density at radius 2 is 2.05 bits per heavy atom. The van der Waals surface area contributed by atoms with E-state index < -0.39 is 12.3 Å². The molecule has 0 spiro atoms. The van der Waals surface area contributed by atoms with Gasteiger partial charge in [0.1, 0.15) is 18.6 Å². The number of fused-ring (bicyclic) bond motifs is 1. The first-order chi connectivity index (χ1) is 18.9. The second-order valence-electron chi connectivity index (χ2n) is 10.2. The summed E-state index contributed by atoms with van der Waals surface area (Å²) in [5.74, 6) is -0.162. The Morgan fingerprint density at radius 1 is 1.21 bits per heavy atom. The average molecular weight is 550 g/mol. The summed E-state index contributed by atoms with van der Waals surface area (Å²) in [4.78, 5) is 30.3. The maximum atomic E-state index is 13.6. The van der Waals surface area contributed by atoms with Crippen molar-refractivity contribution >= 4 is 45.7 Å². The Labute approximate surface area is 229 Å². The lowest BCUT2D eigenvalue weighted by Gasteiger charge is -2.44. The van der Waals surface area contributed by atoms with Gasteiger partial charge in [-0.1, -0.05) is 30.9 Å². The molecule has 2 fully saturated rings. The van der Waals surface area contributed by atoms with Crippen LogP contribution >= 0.6 is 11.6 Å². The highest BCUT2D eigenvalue weighted by Gasteiger charge is 2.40. The molecule has 1 saturated heterocycles. The fraction of sp³-hybridized carbons (Fsp3) is 0.385. The molecule has 202 valence electrons. The molecular weight excluding hydrogens is 522 g/mol. The number of hydrogen-bond donors (Lipinski definition) is 2. The molecule has 3 heterocycles. The Morgan fingerprint density at radius 3 is 2.79 bits per heavy atom. The number of carbonyl (C=O) groups excluding carboxylic acids is 2. The van der Waals surface area contributed by atoms with E-state index in [1.807, 2.05) is 31.4 Å². The quantitative estimate of drug-likeness (QED) is 0.359. The lowest BCUT2D eigenvalue weighted by Crippen LogP contribution is -2.61. The Bertz CT molecular complexity index is 1520. The molecule has 2 aliphatic rings. The number of rotatable bonds is 7. The van der Waals surface area contributed by atoms with Crippen molar-refractivity contribution in [2.24, 2.45) is 13.0 Å². The summed E-state index contributed by atoms with van der Waals surface area (Å²) in [5.41, 5.74) is 2.55. The van der Waals surface area contributed by atoms with Gasteiger partial charge in [0.2, 0.25) is 11.8 Å². The molecule has 2 aromatic carbocycles. The third kappa shape index (κ3) is 5.04. The van der Waals surface area contributed by atoms with Crippen molar-refractivity contribution < 1.29 is 14.7 Å². The number of β-amino-alcohol motifs (C(OH)–C–C–N with tert-alkyl or cyclic N) is 1. The zero-order valence-corrected chi connectivity index (χ0v) is 22.1. The highest BCUT2D eigenvalue weighted by Crippen LogP contribution is 2.34. The molecular formula is C26H28ClN9O3. The smallest absolute Gasteiger partial charge is 0.247 e. The van der Waals surface area contributed by atoms with Crippen LogP contribution in [0.3, 0.4) is 0 Å². The highest BCUT2D eigenvalue weighted by atomic mass is 35.5. The van der Waals surface area contributed by atoms with Gasteiger partial charge in [0.25, 0.3) is 0 Å². The van der Waals surface area contributed by atoms with Gasteiger partial charge in [0.15, 0.2) is 0 Å². The minimum absolute atomic E-state index is 0.0349. The summed E-state index contributed by atoms with van der Waals surface area (Å²) >= 11 is 6.27. The van der Waals surface area contributed by atoms with Gasteiger partial charge < -0.3 is 20.2 Å². The van der Waals surface area contributed by atoms with Crippen LogP contribution in [0.25, 0.3) is 16.6 Å². The van der Waals surface area contributed by atoms with Crippen LogP contribution < -0.4 is 10.2 Å². The van der Waals surface area contributed by atoms with Gasteiger partial charge in [0, 0.05) is 29.3 Å². The molecule has 0 radical (unpaired) electrons. The van der Waals surface area contributed by atoms with Crippen molar-refractivity contribution in [2.75, 3.05) is 23.3 Å². The van der Waals surface area contributed by atoms with E-state index in [-0.39, 0.29) is 24.9 Å². The van der Waals surface area contributed by atoms with Crippen LogP contribution in [0.4, 0.5) is 11.4 Å². The molecule has 1 aliphatic heterocycles. The van der Waals surface area contributed by atoms with Crippen molar-refractivity contribution in [3.05, 3.63) is 53.9 Å². The zero-order chi connectivity index (χ0) is 27.1. The molecule has 6 rings (SSSR count). The van der Waals surface area contributed by atoms with Gasteiger partial charge in [0.05, 0.1) is 30.0 Å². The Kier molecular flexibility index (Phi) is 6.65. The number of halogens is 1. The maximum Gasteiger partial charge on any atom is 0.247 e. The number of anilines is 2. The first-order valence-electron chi connectivity index (χ1n) is 12.9. The molecule has 2 amide bonds. The van der Waals surface area contributed by atoms with Gasteiger partial charge in [-0.15, -0.1) is 5.10 Å². The van der Waals surface area contributed by atoms with E-state index in [1.54, 1.807) is 27.8 Å². The number of tetrazole rings is 1. The summed E-state index contributed by atoms with van der Waals surface area (Å²) in [6.45, 7) is -0.167.